The fourth-order valence-corrected chi connectivity index (χ4v) is 2.49. The van der Waals surface area contributed by atoms with Crippen molar-refractivity contribution in [2.24, 2.45) is 5.73 Å². The fraction of sp³-hybridized carbons (Fsp3) is 0.714. The Morgan fingerprint density at radius 1 is 1.37 bits per heavy atom. The van der Waals surface area contributed by atoms with Crippen LogP contribution in [0.5, 0.6) is 0 Å². The molecule has 1 fully saturated rings. The molecule has 1 aliphatic heterocycles. The first-order valence-electron chi connectivity index (χ1n) is 7.02. The van der Waals surface area contributed by atoms with Gasteiger partial charge in [0.1, 0.15) is 11.6 Å². The molecule has 1 atom stereocenters. The first-order valence-corrected chi connectivity index (χ1v) is 7.02. The first kappa shape index (κ1) is 14.2. The van der Waals surface area contributed by atoms with E-state index in [1.165, 1.54) is 0 Å². The van der Waals surface area contributed by atoms with Gasteiger partial charge in [-0.05, 0) is 14.0 Å². The molecule has 0 saturated carbocycles. The van der Waals surface area contributed by atoms with Crippen LogP contribution in [-0.2, 0) is 0 Å². The van der Waals surface area contributed by atoms with E-state index in [0.29, 0.717) is 18.5 Å². The molecule has 0 spiro atoms. The van der Waals surface area contributed by atoms with Crippen LogP contribution in [0.2, 0.25) is 0 Å². The molecule has 1 saturated heterocycles. The summed E-state index contributed by atoms with van der Waals surface area (Å²) >= 11 is 0. The van der Waals surface area contributed by atoms with Crippen LogP contribution in [0.25, 0.3) is 0 Å². The molecule has 1 aromatic rings. The molecule has 5 nitrogen and oxygen atoms in total. The number of nitrogens with zero attached hydrogens (tertiary/aromatic N) is 4. The molecule has 106 valence electrons. The Morgan fingerprint density at radius 3 is 2.74 bits per heavy atom. The molecule has 2 heterocycles. The highest BCUT2D eigenvalue weighted by atomic mass is 15.3. The van der Waals surface area contributed by atoms with Crippen LogP contribution in [-0.4, -0.2) is 54.1 Å². The minimum atomic E-state index is 0.341. The van der Waals surface area contributed by atoms with Crippen molar-refractivity contribution >= 4 is 5.82 Å². The molecular formula is C14H25N5. The van der Waals surface area contributed by atoms with Crippen molar-refractivity contribution in [1.82, 2.24) is 14.9 Å². The Bertz CT molecular complexity index is 432. The van der Waals surface area contributed by atoms with Gasteiger partial charge in [0.2, 0.25) is 0 Å². The summed E-state index contributed by atoms with van der Waals surface area (Å²) in [6, 6.07) is 2.41. The molecule has 0 aliphatic carbocycles. The number of hydrogen-bond donors (Lipinski definition) is 1. The highest BCUT2D eigenvalue weighted by Crippen LogP contribution is 2.21. The zero-order chi connectivity index (χ0) is 14.0. The van der Waals surface area contributed by atoms with Crippen molar-refractivity contribution in [3.8, 4) is 0 Å². The van der Waals surface area contributed by atoms with Crippen LogP contribution in [0.15, 0.2) is 6.07 Å². The van der Waals surface area contributed by atoms with Gasteiger partial charge < -0.3 is 15.5 Å². The number of hydrogen-bond acceptors (Lipinski definition) is 5. The lowest BCUT2D eigenvalue weighted by Crippen LogP contribution is -2.55. The van der Waals surface area contributed by atoms with Crippen molar-refractivity contribution in [2.45, 2.75) is 32.7 Å². The van der Waals surface area contributed by atoms with Crippen LogP contribution in [0.1, 0.15) is 31.3 Å². The van der Waals surface area contributed by atoms with E-state index in [9.17, 15) is 0 Å². The Kier molecular flexibility index (Phi) is 4.37. The van der Waals surface area contributed by atoms with Gasteiger partial charge in [0, 0.05) is 43.9 Å². The molecule has 1 unspecified atom stereocenters. The minimum Gasteiger partial charge on any atom is -0.350 e. The van der Waals surface area contributed by atoms with E-state index < -0.39 is 0 Å². The van der Waals surface area contributed by atoms with Crippen LogP contribution in [0, 0.1) is 6.92 Å². The molecule has 0 amide bonds. The largest absolute Gasteiger partial charge is 0.350 e. The van der Waals surface area contributed by atoms with Crippen LogP contribution in [0.3, 0.4) is 0 Å². The van der Waals surface area contributed by atoms with Crippen molar-refractivity contribution in [3.63, 3.8) is 0 Å². The molecule has 2 rings (SSSR count). The van der Waals surface area contributed by atoms with Crippen molar-refractivity contribution in [2.75, 3.05) is 38.1 Å². The van der Waals surface area contributed by atoms with E-state index >= 15 is 0 Å². The zero-order valence-corrected chi connectivity index (χ0v) is 12.4. The molecule has 1 aromatic heterocycles. The lowest BCUT2D eigenvalue weighted by atomic mass is 10.1. The third kappa shape index (κ3) is 3.22. The van der Waals surface area contributed by atoms with Gasteiger partial charge in [-0.25, -0.2) is 9.97 Å². The molecule has 0 aromatic carbocycles. The van der Waals surface area contributed by atoms with Gasteiger partial charge in [-0.15, -0.1) is 0 Å². The number of aryl methyl sites for hydroxylation is 1. The standard InChI is InChI=1S/C14H25N5/c1-10(2)14-16-11(3)7-13(17-14)19-6-5-18(4)9-12(19)8-15/h7,10,12H,5-6,8-9,15H2,1-4H3. The number of aromatic nitrogens is 2. The monoisotopic (exact) mass is 263 g/mol. The molecular weight excluding hydrogens is 238 g/mol. The molecule has 0 radical (unpaired) electrons. The van der Waals surface area contributed by atoms with Crippen molar-refractivity contribution in [3.05, 3.63) is 17.6 Å². The van der Waals surface area contributed by atoms with Crippen LogP contribution < -0.4 is 10.6 Å². The van der Waals surface area contributed by atoms with Gasteiger partial charge in [-0.3, -0.25) is 0 Å². The smallest absolute Gasteiger partial charge is 0.133 e. The Balaban J connectivity index is 2.29. The highest BCUT2D eigenvalue weighted by molar-refractivity contribution is 5.42. The number of nitrogens with two attached hydrogens (primary N) is 1. The van der Waals surface area contributed by atoms with Crippen LogP contribution >= 0.6 is 0 Å². The van der Waals surface area contributed by atoms with Gasteiger partial charge in [0.25, 0.3) is 0 Å². The van der Waals surface area contributed by atoms with E-state index in [1.807, 2.05) is 6.92 Å². The van der Waals surface area contributed by atoms with E-state index in [4.69, 9.17) is 10.7 Å². The Morgan fingerprint density at radius 2 is 2.11 bits per heavy atom. The van der Waals surface area contributed by atoms with Gasteiger partial charge in [0.15, 0.2) is 0 Å². The molecule has 0 bridgehead atoms. The van der Waals surface area contributed by atoms with Gasteiger partial charge in [-0.2, -0.15) is 0 Å². The summed E-state index contributed by atoms with van der Waals surface area (Å²) in [6.45, 7) is 9.97. The van der Waals surface area contributed by atoms with Crippen LogP contribution in [0.4, 0.5) is 5.82 Å². The number of piperazine rings is 1. The summed E-state index contributed by atoms with van der Waals surface area (Å²) < 4.78 is 0. The first-order chi connectivity index (χ1) is 9.01. The molecule has 5 heteroatoms. The molecule has 1 aliphatic rings. The predicted molar refractivity (Wildman–Crippen MR) is 78.5 cm³/mol. The van der Waals surface area contributed by atoms with E-state index in [0.717, 1.165) is 37.0 Å². The second kappa shape index (κ2) is 5.84. The van der Waals surface area contributed by atoms with Crippen molar-refractivity contribution in [1.29, 1.82) is 0 Å². The average molecular weight is 263 g/mol. The topological polar surface area (TPSA) is 58.3 Å². The second-order valence-electron chi connectivity index (χ2n) is 5.73. The summed E-state index contributed by atoms with van der Waals surface area (Å²) in [6.07, 6.45) is 0. The van der Waals surface area contributed by atoms with Crippen molar-refractivity contribution < 1.29 is 0 Å². The maximum absolute atomic E-state index is 5.92. The average Bonchev–Trinajstić information content (AvgIpc) is 2.37. The van der Waals surface area contributed by atoms with E-state index in [-0.39, 0.29) is 0 Å². The Labute approximate surface area is 115 Å². The second-order valence-corrected chi connectivity index (χ2v) is 5.73. The lowest BCUT2D eigenvalue weighted by molar-refractivity contribution is 0.268. The fourth-order valence-electron chi connectivity index (χ4n) is 2.49. The summed E-state index contributed by atoms with van der Waals surface area (Å²) in [4.78, 5) is 13.9. The maximum Gasteiger partial charge on any atom is 0.133 e. The summed E-state index contributed by atoms with van der Waals surface area (Å²) in [5.74, 6) is 2.30. The summed E-state index contributed by atoms with van der Waals surface area (Å²) in [7, 11) is 2.14. The molecule has 19 heavy (non-hydrogen) atoms. The Hall–Kier alpha value is -1.20. The van der Waals surface area contributed by atoms with E-state index in [1.54, 1.807) is 0 Å². The zero-order valence-electron chi connectivity index (χ0n) is 12.4. The normalized spacial score (nSPS) is 21.2. The third-order valence-electron chi connectivity index (χ3n) is 3.63. The predicted octanol–water partition coefficient (Wildman–Crippen LogP) is 0.988. The minimum absolute atomic E-state index is 0.341. The molecule has 2 N–H and O–H groups in total. The number of likely N-dealkylation sites (N-methyl/N-ethyl adjacent to an activating group) is 1. The van der Waals surface area contributed by atoms with Gasteiger partial charge >= 0.3 is 0 Å². The summed E-state index contributed by atoms with van der Waals surface area (Å²) in [5, 5.41) is 0. The lowest BCUT2D eigenvalue weighted by Gasteiger charge is -2.40. The maximum atomic E-state index is 5.92. The van der Waals surface area contributed by atoms with E-state index in [2.05, 4.69) is 41.7 Å². The highest BCUT2D eigenvalue weighted by Gasteiger charge is 2.25. The van der Waals surface area contributed by atoms with Gasteiger partial charge in [-0.1, -0.05) is 13.8 Å². The summed E-state index contributed by atoms with van der Waals surface area (Å²) in [5.41, 5.74) is 6.95. The number of rotatable bonds is 3. The SMILES string of the molecule is Cc1cc(N2CCN(C)CC2CN)nc(C(C)C)n1. The quantitative estimate of drug-likeness (QED) is 0.881. The number of anilines is 1. The van der Waals surface area contributed by atoms with Gasteiger partial charge in [0.05, 0.1) is 6.04 Å². The third-order valence-corrected chi connectivity index (χ3v) is 3.63.